The number of nitrogens with one attached hydrogen (secondary N) is 2. The van der Waals surface area contributed by atoms with Crippen molar-refractivity contribution in [2.75, 3.05) is 31.8 Å². The lowest BCUT2D eigenvalue weighted by Crippen LogP contribution is -2.08. The van der Waals surface area contributed by atoms with Gasteiger partial charge < -0.3 is 15.0 Å². The number of benzene rings is 1. The van der Waals surface area contributed by atoms with Crippen molar-refractivity contribution >= 4 is 17.6 Å². The Labute approximate surface area is 150 Å². The highest BCUT2D eigenvalue weighted by Gasteiger charge is 2.14. The predicted octanol–water partition coefficient (Wildman–Crippen LogP) is 4.06. The summed E-state index contributed by atoms with van der Waals surface area (Å²) in [5, 5.41) is 4.02. The average molecular weight is 358 g/mol. The number of rotatable bonds is 7. The molecule has 130 valence electrons. The van der Waals surface area contributed by atoms with Gasteiger partial charge in [0, 0.05) is 31.0 Å². The van der Waals surface area contributed by atoms with E-state index in [1.54, 1.807) is 25.4 Å². The Balaban J connectivity index is 1.97. The van der Waals surface area contributed by atoms with Crippen LogP contribution in [-0.2, 0) is 4.74 Å². The van der Waals surface area contributed by atoms with Gasteiger partial charge in [0.25, 0.3) is 0 Å². The number of imidazole rings is 1. The molecule has 0 aliphatic carbocycles. The van der Waals surface area contributed by atoms with Gasteiger partial charge in [0.2, 0.25) is 0 Å². The average Bonchev–Trinajstić information content (AvgIpc) is 3.07. The fraction of sp³-hybridized carbons (Fsp3) is 0.222. The molecule has 7 heteroatoms. The van der Waals surface area contributed by atoms with E-state index < -0.39 is 0 Å². The van der Waals surface area contributed by atoms with Crippen LogP contribution in [0.25, 0.3) is 22.5 Å². The summed E-state index contributed by atoms with van der Waals surface area (Å²) in [6, 6.07) is 10.2. The molecule has 0 saturated carbocycles. The molecule has 2 aromatic heterocycles. The normalized spacial score (nSPS) is 10.8. The monoisotopic (exact) mass is 358 g/mol. The maximum atomic E-state index is 13.2. The first kappa shape index (κ1) is 17.4. The third-order valence-corrected chi connectivity index (χ3v) is 4.23. The molecule has 0 aliphatic rings. The predicted molar refractivity (Wildman–Crippen MR) is 99.4 cm³/mol. The largest absolute Gasteiger partial charge is 0.383 e. The standard InChI is InChI=1S/C18H19FN4OS/c1-24-10-9-21-15-11-13(7-8-20-15)17-16(22-18(23-17)25-2)12-3-5-14(19)6-4-12/h3-8,11H,9-10H2,1-2H3,(H,20,21)(H,22,23). The molecule has 3 rings (SSSR count). The fourth-order valence-corrected chi connectivity index (χ4v) is 2.82. The first-order valence-electron chi connectivity index (χ1n) is 7.80. The summed E-state index contributed by atoms with van der Waals surface area (Å²) >= 11 is 1.53. The van der Waals surface area contributed by atoms with Crippen LogP contribution >= 0.6 is 11.8 Å². The van der Waals surface area contributed by atoms with Gasteiger partial charge in [0.15, 0.2) is 5.16 Å². The number of pyridine rings is 1. The van der Waals surface area contributed by atoms with E-state index in [9.17, 15) is 4.39 Å². The topological polar surface area (TPSA) is 62.8 Å². The Morgan fingerprint density at radius 2 is 2.00 bits per heavy atom. The van der Waals surface area contributed by atoms with Gasteiger partial charge in [0.05, 0.1) is 18.0 Å². The van der Waals surface area contributed by atoms with Crippen molar-refractivity contribution in [1.29, 1.82) is 0 Å². The summed E-state index contributed by atoms with van der Waals surface area (Å²) in [4.78, 5) is 12.3. The minimum Gasteiger partial charge on any atom is -0.383 e. The zero-order valence-corrected chi connectivity index (χ0v) is 14.9. The lowest BCUT2D eigenvalue weighted by Gasteiger charge is -2.07. The highest BCUT2D eigenvalue weighted by molar-refractivity contribution is 7.98. The second-order valence-electron chi connectivity index (χ2n) is 5.33. The summed E-state index contributed by atoms with van der Waals surface area (Å²) in [5.41, 5.74) is 3.49. The second-order valence-corrected chi connectivity index (χ2v) is 6.12. The Hall–Kier alpha value is -2.38. The zero-order chi connectivity index (χ0) is 17.6. The smallest absolute Gasteiger partial charge is 0.166 e. The van der Waals surface area contributed by atoms with Gasteiger partial charge in [-0.1, -0.05) is 11.8 Å². The number of methoxy groups -OCH3 is 1. The molecule has 0 unspecified atom stereocenters. The van der Waals surface area contributed by atoms with Gasteiger partial charge in [-0.25, -0.2) is 14.4 Å². The maximum absolute atomic E-state index is 13.2. The Kier molecular flexibility index (Phi) is 5.67. The first-order chi connectivity index (χ1) is 12.2. The first-order valence-corrected chi connectivity index (χ1v) is 9.03. The number of thioether (sulfide) groups is 1. The van der Waals surface area contributed by atoms with E-state index >= 15 is 0 Å². The molecule has 0 atom stereocenters. The van der Waals surface area contributed by atoms with Crippen LogP contribution < -0.4 is 5.32 Å². The molecule has 2 N–H and O–H groups in total. The van der Waals surface area contributed by atoms with Gasteiger partial charge in [-0.2, -0.15) is 0 Å². The molecule has 0 spiro atoms. The minimum absolute atomic E-state index is 0.261. The number of halogens is 1. The number of hydrogen-bond donors (Lipinski definition) is 2. The second kappa shape index (κ2) is 8.13. The summed E-state index contributed by atoms with van der Waals surface area (Å²) < 4.78 is 18.3. The number of anilines is 1. The lowest BCUT2D eigenvalue weighted by molar-refractivity contribution is 0.210. The summed E-state index contributed by atoms with van der Waals surface area (Å²) in [5.74, 6) is 0.497. The maximum Gasteiger partial charge on any atom is 0.166 e. The van der Waals surface area contributed by atoms with Crippen molar-refractivity contribution in [1.82, 2.24) is 15.0 Å². The fourth-order valence-electron chi connectivity index (χ4n) is 2.44. The van der Waals surface area contributed by atoms with Crippen LogP contribution in [0, 0.1) is 5.82 Å². The van der Waals surface area contributed by atoms with Crippen molar-refractivity contribution < 1.29 is 9.13 Å². The summed E-state index contributed by atoms with van der Waals surface area (Å²) in [6.07, 6.45) is 3.70. The highest BCUT2D eigenvalue weighted by Crippen LogP contribution is 2.32. The molecular weight excluding hydrogens is 339 g/mol. The number of aromatic amines is 1. The van der Waals surface area contributed by atoms with Crippen molar-refractivity contribution in [3.05, 3.63) is 48.4 Å². The van der Waals surface area contributed by atoms with Crippen LogP contribution in [0.5, 0.6) is 0 Å². The van der Waals surface area contributed by atoms with Crippen LogP contribution in [-0.4, -0.2) is 41.5 Å². The van der Waals surface area contributed by atoms with Gasteiger partial charge >= 0.3 is 0 Å². The number of hydrogen-bond acceptors (Lipinski definition) is 5. The number of aromatic nitrogens is 3. The van der Waals surface area contributed by atoms with E-state index in [0.29, 0.717) is 13.2 Å². The molecular formula is C18H19FN4OS. The van der Waals surface area contributed by atoms with E-state index in [2.05, 4.69) is 20.3 Å². The van der Waals surface area contributed by atoms with Crippen molar-refractivity contribution in [2.45, 2.75) is 5.16 Å². The SMILES string of the molecule is COCCNc1cc(-c2nc(SC)[nH]c2-c2ccc(F)cc2)ccn1. The molecule has 2 heterocycles. The van der Waals surface area contributed by atoms with E-state index in [1.807, 2.05) is 18.4 Å². The quantitative estimate of drug-likeness (QED) is 0.493. The van der Waals surface area contributed by atoms with Gasteiger partial charge in [-0.3, -0.25) is 0 Å². The zero-order valence-electron chi connectivity index (χ0n) is 14.0. The highest BCUT2D eigenvalue weighted by atomic mass is 32.2. The van der Waals surface area contributed by atoms with E-state index in [4.69, 9.17) is 4.74 Å². The summed E-state index contributed by atoms with van der Waals surface area (Å²) in [7, 11) is 1.66. The van der Waals surface area contributed by atoms with Crippen LogP contribution in [0.2, 0.25) is 0 Å². The lowest BCUT2D eigenvalue weighted by atomic mass is 10.1. The van der Waals surface area contributed by atoms with Crippen molar-refractivity contribution in [2.24, 2.45) is 0 Å². The molecule has 0 bridgehead atoms. The molecule has 0 aliphatic heterocycles. The Morgan fingerprint density at radius 3 is 2.72 bits per heavy atom. The third kappa shape index (κ3) is 4.18. The molecule has 0 fully saturated rings. The third-order valence-electron chi connectivity index (χ3n) is 3.65. The van der Waals surface area contributed by atoms with Crippen molar-refractivity contribution in [3.8, 4) is 22.5 Å². The number of H-pyrrole nitrogens is 1. The van der Waals surface area contributed by atoms with E-state index in [-0.39, 0.29) is 5.82 Å². The van der Waals surface area contributed by atoms with Crippen LogP contribution in [0.3, 0.4) is 0 Å². The van der Waals surface area contributed by atoms with Crippen LogP contribution in [0.4, 0.5) is 10.2 Å². The molecule has 3 aromatic rings. The van der Waals surface area contributed by atoms with E-state index in [1.165, 1.54) is 23.9 Å². The molecule has 0 saturated heterocycles. The molecule has 1 aromatic carbocycles. The Morgan fingerprint density at radius 1 is 1.20 bits per heavy atom. The molecule has 0 amide bonds. The number of ether oxygens (including phenoxy) is 1. The van der Waals surface area contributed by atoms with Gasteiger partial charge in [-0.15, -0.1) is 0 Å². The molecule has 25 heavy (non-hydrogen) atoms. The minimum atomic E-state index is -0.261. The van der Waals surface area contributed by atoms with Gasteiger partial charge in [-0.05, 0) is 42.7 Å². The molecule has 5 nitrogen and oxygen atoms in total. The van der Waals surface area contributed by atoms with E-state index in [0.717, 1.165) is 33.5 Å². The van der Waals surface area contributed by atoms with Crippen LogP contribution in [0.15, 0.2) is 47.8 Å². The van der Waals surface area contributed by atoms with Crippen molar-refractivity contribution in [3.63, 3.8) is 0 Å². The molecule has 0 radical (unpaired) electrons. The van der Waals surface area contributed by atoms with Crippen LogP contribution in [0.1, 0.15) is 0 Å². The Bertz CT molecular complexity index is 835. The summed E-state index contributed by atoms with van der Waals surface area (Å²) in [6.45, 7) is 1.28. The number of nitrogens with zero attached hydrogens (tertiary/aromatic N) is 2. The van der Waals surface area contributed by atoms with Gasteiger partial charge in [0.1, 0.15) is 11.6 Å².